The van der Waals surface area contributed by atoms with Gasteiger partial charge in [-0.1, -0.05) is 6.58 Å². The van der Waals surface area contributed by atoms with Crippen LogP contribution in [0.1, 0.15) is 34.6 Å². The maximum Gasteiger partial charge on any atom is 0.0944 e. The average Bonchev–Trinajstić information content (AvgIpc) is 1.99. The number of hydrogen-bond donors (Lipinski definition) is 0. The molecule has 13 heavy (non-hydrogen) atoms. The van der Waals surface area contributed by atoms with E-state index in [-0.39, 0.29) is 5.60 Å². The smallest absolute Gasteiger partial charge is 0.0944 e. The second-order valence-electron chi connectivity index (χ2n) is 3.99. The van der Waals surface area contributed by atoms with Crippen LogP contribution in [0, 0.1) is 0 Å². The molecule has 1 heteroatoms. The summed E-state index contributed by atoms with van der Waals surface area (Å²) in [6.07, 6.45) is 0. The highest BCUT2D eigenvalue weighted by molar-refractivity contribution is 5.34. The Kier molecular flexibility index (Phi) is 4.19. The Balaban J connectivity index is 5.32. The van der Waals surface area contributed by atoms with E-state index < -0.39 is 0 Å². The maximum absolute atomic E-state index is 5.39. The lowest BCUT2D eigenvalue weighted by molar-refractivity contribution is 0.0571. The van der Waals surface area contributed by atoms with E-state index >= 15 is 0 Å². The van der Waals surface area contributed by atoms with Gasteiger partial charge in [-0.25, -0.2) is 0 Å². The third kappa shape index (κ3) is 3.63. The second-order valence-corrected chi connectivity index (χ2v) is 3.99. The van der Waals surface area contributed by atoms with Crippen molar-refractivity contribution in [1.82, 2.24) is 0 Å². The lowest BCUT2D eigenvalue weighted by atomic mass is 9.93. The highest BCUT2D eigenvalue weighted by Crippen LogP contribution is 2.24. The molecular weight excluding hydrogens is 160 g/mol. The molecule has 0 aliphatic heterocycles. The molecule has 74 valence electrons. The summed E-state index contributed by atoms with van der Waals surface area (Å²) in [5, 5.41) is 0. The summed E-state index contributed by atoms with van der Waals surface area (Å²) >= 11 is 0. The molecule has 0 atom stereocenters. The molecular formula is C12H20O. The maximum atomic E-state index is 5.39. The van der Waals surface area contributed by atoms with Crippen molar-refractivity contribution in [3.8, 4) is 0 Å². The van der Waals surface area contributed by atoms with Gasteiger partial charge in [0.2, 0.25) is 0 Å². The SMILES string of the molecule is C=C(C)C(=C=C(C)C)C(C)(C)OC. The Labute approximate surface area is 81.8 Å². The van der Waals surface area contributed by atoms with Crippen molar-refractivity contribution in [1.29, 1.82) is 0 Å². The largest absolute Gasteiger partial charge is 0.373 e. The summed E-state index contributed by atoms with van der Waals surface area (Å²) in [6.45, 7) is 14.0. The van der Waals surface area contributed by atoms with Crippen LogP contribution in [0.25, 0.3) is 0 Å². The highest BCUT2D eigenvalue weighted by atomic mass is 16.5. The molecule has 0 amide bonds. The zero-order chi connectivity index (χ0) is 10.6. The van der Waals surface area contributed by atoms with Crippen LogP contribution in [-0.4, -0.2) is 12.7 Å². The van der Waals surface area contributed by atoms with Crippen molar-refractivity contribution in [3.05, 3.63) is 29.0 Å². The minimum atomic E-state index is -0.302. The molecule has 0 aromatic carbocycles. The van der Waals surface area contributed by atoms with Crippen molar-refractivity contribution >= 4 is 0 Å². The summed E-state index contributed by atoms with van der Waals surface area (Å²) in [4.78, 5) is 0. The van der Waals surface area contributed by atoms with Crippen molar-refractivity contribution in [2.75, 3.05) is 7.11 Å². The summed E-state index contributed by atoms with van der Waals surface area (Å²) in [7, 11) is 1.70. The number of ether oxygens (including phenoxy) is 1. The van der Waals surface area contributed by atoms with Gasteiger partial charge in [0.05, 0.1) is 5.60 Å². The molecule has 0 spiro atoms. The van der Waals surface area contributed by atoms with E-state index in [1.807, 2.05) is 34.6 Å². The predicted octanol–water partition coefficient (Wildman–Crippen LogP) is 3.48. The fourth-order valence-electron chi connectivity index (χ4n) is 1.12. The third-order valence-corrected chi connectivity index (χ3v) is 1.91. The van der Waals surface area contributed by atoms with E-state index in [0.717, 1.165) is 16.7 Å². The number of methoxy groups -OCH3 is 1. The van der Waals surface area contributed by atoms with Gasteiger partial charge in [0.1, 0.15) is 0 Å². The van der Waals surface area contributed by atoms with Crippen LogP contribution in [0.15, 0.2) is 29.0 Å². The average molecular weight is 180 g/mol. The van der Waals surface area contributed by atoms with Gasteiger partial charge in [0.25, 0.3) is 0 Å². The monoisotopic (exact) mass is 180 g/mol. The first-order chi connectivity index (χ1) is 5.81. The highest BCUT2D eigenvalue weighted by Gasteiger charge is 2.22. The predicted molar refractivity (Wildman–Crippen MR) is 57.8 cm³/mol. The van der Waals surface area contributed by atoms with E-state index in [4.69, 9.17) is 4.74 Å². The molecule has 0 aromatic heterocycles. The Morgan fingerprint density at radius 2 is 1.69 bits per heavy atom. The molecule has 0 radical (unpaired) electrons. The summed E-state index contributed by atoms with van der Waals surface area (Å²) in [6, 6.07) is 0. The van der Waals surface area contributed by atoms with Crippen LogP contribution >= 0.6 is 0 Å². The first-order valence-electron chi connectivity index (χ1n) is 4.47. The number of hydrogen-bond acceptors (Lipinski definition) is 1. The molecule has 0 bridgehead atoms. The molecule has 0 saturated heterocycles. The van der Waals surface area contributed by atoms with Gasteiger partial charge < -0.3 is 4.74 Å². The van der Waals surface area contributed by atoms with Gasteiger partial charge in [0, 0.05) is 12.7 Å². The lowest BCUT2D eigenvalue weighted by Crippen LogP contribution is -2.25. The Bertz CT molecular complexity index is 259. The third-order valence-electron chi connectivity index (χ3n) is 1.91. The Morgan fingerprint density at radius 3 is 1.92 bits per heavy atom. The molecule has 0 fully saturated rings. The fraction of sp³-hybridized carbons (Fsp3) is 0.583. The standard InChI is InChI=1S/C12H20O/c1-9(2)8-11(10(3)4)12(5,6)13-7/h3H2,1-2,4-7H3. The van der Waals surface area contributed by atoms with E-state index in [1.54, 1.807) is 7.11 Å². The van der Waals surface area contributed by atoms with Gasteiger partial charge in [-0.2, -0.15) is 0 Å². The Hall–Kier alpha value is -0.780. The van der Waals surface area contributed by atoms with E-state index in [2.05, 4.69) is 12.3 Å². The van der Waals surface area contributed by atoms with Crippen LogP contribution in [-0.2, 0) is 4.74 Å². The van der Waals surface area contributed by atoms with Gasteiger partial charge in [-0.15, -0.1) is 5.73 Å². The van der Waals surface area contributed by atoms with Crippen LogP contribution in [0.4, 0.5) is 0 Å². The van der Waals surface area contributed by atoms with Crippen molar-refractivity contribution in [2.24, 2.45) is 0 Å². The first kappa shape index (κ1) is 12.2. The van der Waals surface area contributed by atoms with E-state index in [1.165, 1.54) is 0 Å². The summed E-state index contributed by atoms with van der Waals surface area (Å²) < 4.78 is 5.39. The molecule has 0 aliphatic carbocycles. The zero-order valence-corrected chi connectivity index (χ0v) is 9.62. The summed E-state index contributed by atoms with van der Waals surface area (Å²) in [5.41, 5.74) is 6.16. The van der Waals surface area contributed by atoms with E-state index in [0.29, 0.717) is 0 Å². The van der Waals surface area contributed by atoms with Gasteiger partial charge in [-0.05, 0) is 45.8 Å². The van der Waals surface area contributed by atoms with Gasteiger partial charge in [-0.3, -0.25) is 0 Å². The van der Waals surface area contributed by atoms with Gasteiger partial charge in [0.15, 0.2) is 0 Å². The molecule has 0 unspecified atom stereocenters. The van der Waals surface area contributed by atoms with E-state index in [9.17, 15) is 0 Å². The van der Waals surface area contributed by atoms with Crippen LogP contribution < -0.4 is 0 Å². The van der Waals surface area contributed by atoms with Crippen LogP contribution in [0.5, 0.6) is 0 Å². The van der Waals surface area contributed by atoms with Crippen molar-refractivity contribution in [3.63, 3.8) is 0 Å². The minimum absolute atomic E-state index is 0.302. The quantitative estimate of drug-likeness (QED) is 0.477. The molecule has 0 saturated carbocycles. The van der Waals surface area contributed by atoms with Crippen molar-refractivity contribution in [2.45, 2.75) is 40.2 Å². The molecule has 0 rings (SSSR count). The molecule has 0 aromatic rings. The van der Waals surface area contributed by atoms with Gasteiger partial charge >= 0.3 is 0 Å². The zero-order valence-electron chi connectivity index (χ0n) is 9.62. The minimum Gasteiger partial charge on any atom is -0.373 e. The fourth-order valence-corrected chi connectivity index (χ4v) is 1.12. The molecule has 1 nitrogen and oxygen atoms in total. The normalized spacial score (nSPS) is 10.6. The van der Waals surface area contributed by atoms with Crippen LogP contribution in [0.3, 0.4) is 0 Å². The first-order valence-corrected chi connectivity index (χ1v) is 4.47. The lowest BCUT2D eigenvalue weighted by Gasteiger charge is -2.25. The topological polar surface area (TPSA) is 9.23 Å². The summed E-state index contributed by atoms with van der Waals surface area (Å²) in [5.74, 6) is 0. The number of rotatable bonds is 3. The Morgan fingerprint density at radius 1 is 1.23 bits per heavy atom. The molecule has 0 N–H and O–H groups in total. The van der Waals surface area contributed by atoms with Crippen LogP contribution in [0.2, 0.25) is 0 Å². The second kappa shape index (κ2) is 4.45. The molecule has 0 aliphatic rings. The van der Waals surface area contributed by atoms with Crippen molar-refractivity contribution < 1.29 is 4.74 Å². The molecule has 0 heterocycles.